The summed E-state index contributed by atoms with van der Waals surface area (Å²) in [6.07, 6.45) is 2.77. The summed E-state index contributed by atoms with van der Waals surface area (Å²) in [7, 11) is 1.83. The van der Waals surface area contributed by atoms with Crippen LogP contribution in [0.25, 0.3) is 11.0 Å². The van der Waals surface area contributed by atoms with Crippen LogP contribution < -0.4 is 5.32 Å². The van der Waals surface area contributed by atoms with E-state index in [-0.39, 0.29) is 11.6 Å². The van der Waals surface area contributed by atoms with E-state index in [2.05, 4.69) is 15.3 Å². The number of rotatable bonds is 3. The first-order chi connectivity index (χ1) is 14.1. The van der Waals surface area contributed by atoms with Crippen molar-refractivity contribution in [2.24, 2.45) is 7.05 Å². The van der Waals surface area contributed by atoms with Gasteiger partial charge in [-0.15, -0.1) is 0 Å². The molecule has 1 saturated heterocycles. The van der Waals surface area contributed by atoms with Gasteiger partial charge in [0, 0.05) is 32.1 Å². The van der Waals surface area contributed by atoms with Gasteiger partial charge in [-0.1, -0.05) is 0 Å². The summed E-state index contributed by atoms with van der Waals surface area (Å²) in [5.41, 5.74) is 1.14. The molecule has 0 atom stereocenters. The number of aryl methyl sites for hydroxylation is 1. The number of aromatic nitrogens is 3. The zero-order valence-corrected chi connectivity index (χ0v) is 17.2. The number of carbonyl (C=O) groups excluding carboxylic acids is 1. The van der Waals surface area contributed by atoms with Crippen LogP contribution in [0.4, 0.5) is 25.1 Å². The lowest BCUT2D eigenvalue weighted by atomic mass is 9.91. The first kappa shape index (κ1) is 20.1. The van der Waals surface area contributed by atoms with Crippen LogP contribution in [0, 0.1) is 11.6 Å². The van der Waals surface area contributed by atoms with E-state index < -0.39 is 23.3 Å². The second-order valence-electron chi connectivity index (χ2n) is 8.48. The fourth-order valence-corrected chi connectivity index (χ4v) is 3.34. The molecule has 7 nitrogen and oxygen atoms in total. The van der Waals surface area contributed by atoms with Crippen molar-refractivity contribution in [1.82, 2.24) is 19.4 Å². The summed E-state index contributed by atoms with van der Waals surface area (Å²) in [4.78, 5) is 21.9. The monoisotopic (exact) mass is 415 g/mol. The number of halogens is 2. The first-order valence-electron chi connectivity index (χ1n) is 9.61. The Morgan fingerprint density at radius 3 is 2.47 bits per heavy atom. The van der Waals surface area contributed by atoms with Crippen LogP contribution in [0.5, 0.6) is 0 Å². The quantitative estimate of drug-likeness (QED) is 0.690. The molecule has 1 aliphatic heterocycles. The lowest BCUT2D eigenvalue weighted by Crippen LogP contribution is -2.50. The number of hydrogen-bond acceptors (Lipinski definition) is 5. The van der Waals surface area contributed by atoms with Crippen molar-refractivity contribution in [3.63, 3.8) is 0 Å². The number of carbonyl (C=O) groups is 1. The van der Waals surface area contributed by atoms with Gasteiger partial charge < -0.3 is 19.5 Å². The molecule has 0 spiro atoms. The predicted molar refractivity (Wildman–Crippen MR) is 109 cm³/mol. The Bertz CT molecular complexity index is 1090. The number of anilines is 2. The van der Waals surface area contributed by atoms with Gasteiger partial charge in [0.2, 0.25) is 0 Å². The van der Waals surface area contributed by atoms with Crippen LogP contribution in [0.15, 0.2) is 30.7 Å². The van der Waals surface area contributed by atoms with Crippen LogP contribution in [0.2, 0.25) is 0 Å². The second kappa shape index (κ2) is 7.23. The second-order valence-corrected chi connectivity index (χ2v) is 8.48. The number of hydrogen-bond donors (Lipinski definition) is 1. The maximum atomic E-state index is 14.7. The fourth-order valence-electron chi connectivity index (χ4n) is 3.34. The van der Waals surface area contributed by atoms with Gasteiger partial charge in [0.25, 0.3) is 0 Å². The van der Waals surface area contributed by atoms with E-state index in [0.717, 1.165) is 5.52 Å². The molecule has 1 aliphatic rings. The van der Waals surface area contributed by atoms with Crippen molar-refractivity contribution >= 4 is 28.6 Å². The van der Waals surface area contributed by atoms with Crippen molar-refractivity contribution in [2.45, 2.75) is 32.3 Å². The summed E-state index contributed by atoms with van der Waals surface area (Å²) >= 11 is 0. The summed E-state index contributed by atoms with van der Waals surface area (Å²) < 4.78 is 36.5. The van der Waals surface area contributed by atoms with Crippen molar-refractivity contribution in [1.29, 1.82) is 0 Å². The van der Waals surface area contributed by atoms with E-state index in [9.17, 15) is 13.6 Å². The third-order valence-electron chi connectivity index (χ3n) is 4.93. The number of imidazole rings is 1. The maximum absolute atomic E-state index is 14.7. The Hall–Kier alpha value is -3.23. The van der Waals surface area contributed by atoms with Crippen LogP contribution in [0.1, 0.15) is 32.3 Å². The molecule has 0 aliphatic carbocycles. The first-order valence-corrected chi connectivity index (χ1v) is 9.61. The topological polar surface area (TPSA) is 72.3 Å². The lowest BCUT2D eigenvalue weighted by Gasteiger charge is -2.40. The molecule has 0 radical (unpaired) electrons. The van der Waals surface area contributed by atoms with Gasteiger partial charge in [-0.05, 0) is 38.5 Å². The van der Waals surface area contributed by atoms with Crippen LogP contribution >= 0.6 is 0 Å². The van der Waals surface area contributed by atoms with E-state index in [1.54, 1.807) is 43.9 Å². The van der Waals surface area contributed by atoms with Crippen molar-refractivity contribution in [3.8, 4) is 0 Å². The average Bonchev–Trinajstić information content (AvgIpc) is 2.96. The largest absolute Gasteiger partial charge is 0.444 e. The van der Waals surface area contributed by atoms with Crippen molar-refractivity contribution in [3.05, 3.63) is 47.9 Å². The molecule has 1 amide bonds. The molecule has 0 unspecified atom stereocenters. The maximum Gasteiger partial charge on any atom is 0.410 e. The molecule has 1 aromatic carbocycles. The average molecular weight is 415 g/mol. The smallest absolute Gasteiger partial charge is 0.410 e. The van der Waals surface area contributed by atoms with Gasteiger partial charge in [-0.2, -0.15) is 0 Å². The van der Waals surface area contributed by atoms with Gasteiger partial charge in [-0.25, -0.2) is 23.5 Å². The third-order valence-corrected chi connectivity index (χ3v) is 4.93. The van der Waals surface area contributed by atoms with Crippen molar-refractivity contribution in [2.75, 3.05) is 18.4 Å². The van der Waals surface area contributed by atoms with Gasteiger partial charge in [0.05, 0.1) is 18.0 Å². The highest BCUT2D eigenvalue weighted by Gasteiger charge is 2.35. The van der Waals surface area contributed by atoms with Gasteiger partial charge in [0.15, 0.2) is 0 Å². The lowest BCUT2D eigenvalue weighted by molar-refractivity contribution is 0.00817. The number of ether oxygens (including phenoxy) is 1. The number of fused-ring (bicyclic) bond motifs is 1. The molecule has 3 aromatic rings. The fraction of sp³-hybridized carbons (Fsp3) is 0.381. The molecule has 1 fully saturated rings. The highest BCUT2D eigenvalue weighted by molar-refractivity contribution is 5.78. The molecule has 9 heteroatoms. The normalized spacial score (nSPS) is 14.7. The third kappa shape index (κ3) is 3.92. The van der Waals surface area contributed by atoms with Crippen LogP contribution in [-0.2, 0) is 11.8 Å². The number of amides is 1. The van der Waals surface area contributed by atoms with E-state index in [1.807, 2.05) is 7.05 Å². The number of likely N-dealkylation sites (tertiary alicyclic amines) is 1. The molecule has 1 N–H and O–H groups in total. The Balaban J connectivity index is 1.47. The molecule has 4 rings (SSSR count). The highest BCUT2D eigenvalue weighted by Crippen LogP contribution is 2.33. The molecular formula is C21H23F2N5O2. The SMILES string of the molecule is Cn1cnc2cnc(Nc3c(F)cc(C4CN(C(=O)OC(C)(C)C)C4)cc3F)cc21. The Morgan fingerprint density at radius 2 is 1.83 bits per heavy atom. The number of pyridine rings is 1. The molecule has 30 heavy (non-hydrogen) atoms. The molecule has 0 bridgehead atoms. The summed E-state index contributed by atoms with van der Waals surface area (Å²) in [5.74, 6) is -1.25. The highest BCUT2D eigenvalue weighted by atomic mass is 19.1. The van der Waals surface area contributed by atoms with Gasteiger partial charge in [0.1, 0.15) is 34.3 Å². The Morgan fingerprint density at radius 1 is 1.17 bits per heavy atom. The summed E-state index contributed by atoms with van der Waals surface area (Å²) in [6, 6.07) is 4.27. The van der Waals surface area contributed by atoms with Crippen LogP contribution in [-0.4, -0.2) is 44.2 Å². The van der Waals surface area contributed by atoms with Crippen LogP contribution in [0.3, 0.4) is 0 Å². The van der Waals surface area contributed by atoms with E-state index in [0.29, 0.717) is 30.0 Å². The van der Waals surface area contributed by atoms with Crippen molar-refractivity contribution < 1.29 is 18.3 Å². The minimum atomic E-state index is -0.715. The standard InChI is InChI=1S/C21H23F2N5O2/c1-21(2,3)30-20(29)28-9-13(10-28)12-5-14(22)19(15(23)6-12)26-18-7-17-16(8-24-18)25-11-27(17)4/h5-8,11,13H,9-10H2,1-4H3,(H,24,26). The number of nitrogens with zero attached hydrogens (tertiary/aromatic N) is 4. The zero-order valence-electron chi connectivity index (χ0n) is 17.2. The molecular weight excluding hydrogens is 392 g/mol. The van der Waals surface area contributed by atoms with E-state index >= 15 is 0 Å². The Kier molecular flexibility index (Phi) is 4.83. The van der Waals surface area contributed by atoms with E-state index in [4.69, 9.17) is 4.74 Å². The molecule has 0 saturated carbocycles. The van der Waals surface area contributed by atoms with Gasteiger partial charge >= 0.3 is 6.09 Å². The number of benzene rings is 1. The zero-order chi connectivity index (χ0) is 21.6. The number of nitrogens with one attached hydrogen (secondary N) is 1. The van der Waals surface area contributed by atoms with E-state index in [1.165, 1.54) is 17.0 Å². The minimum Gasteiger partial charge on any atom is -0.444 e. The predicted octanol–water partition coefficient (Wildman–Crippen LogP) is 4.32. The Labute approximate surface area is 172 Å². The molecule has 2 aromatic heterocycles. The van der Waals surface area contributed by atoms with Gasteiger partial charge in [-0.3, -0.25) is 0 Å². The summed E-state index contributed by atoms with van der Waals surface area (Å²) in [5, 5.41) is 2.72. The molecule has 158 valence electrons. The minimum absolute atomic E-state index is 0.139. The molecule has 3 heterocycles. The summed E-state index contributed by atoms with van der Waals surface area (Å²) in [6.45, 7) is 6.09.